The second-order valence-electron chi connectivity index (χ2n) is 6.70. The van der Waals surface area contributed by atoms with E-state index in [4.69, 9.17) is 4.74 Å². The molecule has 1 aliphatic heterocycles. The number of anilines is 1. The summed E-state index contributed by atoms with van der Waals surface area (Å²) in [7, 11) is 2.10. The molecule has 1 fully saturated rings. The van der Waals surface area contributed by atoms with Gasteiger partial charge in [-0.25, -0.2) is 0 Å². The van der Waals surface area contributed by atoms with E-state index in [1.807, 2.05) is 36.4 Å². The Morgan fingerprint density at radius 3 is 2.92 bits per heavy atom. The van der Waals surface area contributed by atoms with Crippen LogP contribution in [0.5, 0.6) is 0 Å². The molecule has 2 aromatic rings. The van der Waals surface area contributed by atoms with Crippen LogP contribution >= 0.6 is 0 Å². The Bertz CT molecular complexity index is 723. The third-order valence-electron chi connectivity index (χ3n) is 4.54. The smallest absolute Gasteiger partial charge is 0.270 e. The van der Waals surface area contributed by atoms with E-state index in [-0.39, 0.29) is 18.1 Å². The van der Waals surface area contributed by atoms with Crippen molar-refractivity contribution in [1.29, 1.82) is 0 Å². The van der Waals surface area contributed by atoms with Crippen LogP contribution in [0.25, 0.3) is 0 Å². The SMILES string of the molecule is CC(Nc1ccnc(C(=O)NCc2ccccc2)c1)C1CN(C)CCO1. The molecule has 2 atom stereocenters. The highest BCUT2D eigenvalue weighted by Gasteiger charge is 2.23. The third-order valence-corrected chi connectivity index (χ3v) is 4.54. The number of carbonyl (C=O) groups is 1. The molecule has 0 aliphatic carbocycles. The lowest BCUT2D eigenvalue weighted by atomic mass is 10.1. The summed E-state index contributed by atoms with van der Waals surface area (Å²) < 4.78 is 5.85. The van der Waals surface area contributed by atoms with Crippen molar-refractivity contribution in [3.63, 3.8) is 0 Å². The normalized spacial score (nSPS) is 18.9. The highest BCUT2D eigenvalue weighted by molar-refractivity contribution is 5.93. The molecule has 0 saturated carbocycles. The fourth-order valence-corrected chi connectivity index (χ4v) is 2.98. The minimum absolute atomic E-state index is 0.122. The quantitative estimate of drug-likeness (QED) is 0.832. The Morgan fingerprint density at radius 2 is 2.15 bits per heavy atom. The van der Waals surface area contributed by atoms with Gasteiger partial charge >= 0.3 is 0 Å². The van der Waals surface area contributed by atoms with Crippen molar-refractivity contribution in [2.24, 2.45) is 0 Å². The van der Waals surface area contributed by atoms with Crippen molar-refractivity contribution in [3.05, 3.63) is 59.9 Å². The molecule has 1 saturated heterocycles. The first kappa shape index (κ1) is 18.4. The van der Waals surface area contributed by atoms with E-state index in [0.29, 0.717) is 12.2 Å². The Balaban J connectivity index is 1.57. The van der Waals surface area contributed by atoms with Crippen molar-refractivity contribution in [2.75, 3.05) is 32.1 Å². The van der Waals surface area contributed by atoms with Gasteiger partial charge in [0, 0.05) is 31.5 Å². The fourth-order valence-electron chi connectivity index (χ4n) is 2.98. The van der Waals surface area contributed by atoms with Gasteiger partial charge in [-0.05, 0) is 31.7 Å². The number of nitrogens with one attached hydrogen (secondary N) is 2. The number of likely N-dealkylation sites (N-methyl/N-ethyl adjacent to an activating group) is 1. The molecule has 26 heavy (non-hydrogen) atoms. The maximum atomic E-state index is 12.4. The van der Waals surface area contributed by atoms with E-state index in [2.05, 4.69) is 34.5 Å². The topological polar surface area (TPSA) is 66.5 Å². The number of rotatable bonds is 6. The zero-order valence-corrected chi connectivity index (χ0v) is 15.3. The van der Waals surface area contributed by atoms with Gasteiger partial charge in [-0.2, -0.15) is 0 Å². The number of morpholine rings is 1. The number of hydrogen-bond acceptors (Lipinski definition) is 5. The summed E-state index contributed by atoms with van der Waals surface area (Å²) in [6.07, 6.45) is 1.78. The first-order valence-corrected chi connectivity index (χ1v) is 8.96. The minimum Gasteiger partial charge on any atom is -0.380 e. The number of pyridine rings is 1. The first-order chi connectivity index (χ1) is 12.6. The number of ether oxygens (including phenoxy) is 1. The van der Waals surface area contributed by atoms with E-state index < -0.39 is 0 Å². The van der Waals surface area contributed by atoms with Gasteiger partial charge in [0.05, 0.1) is 18.8 Å². The van der Waals surface area contributed by atoms with E-state index in [0.717, 1.165) is 30.9 Å². The van der Waals surface area contributed by atoms with Crippen LogP contribution in [0.4, 0.5) is 5.69 Å². The van der Waals surface area contributed by atoms with Gasteiger partial charge in [0.15, 0.2) is 0 Å². The Hall–Kier alpha value is -2.44. The minimum atomic E-state index is -0.182. The van der Waals surface area contributed by atoms with E-state index in [1.165, 1.54) is 0 Å². The summed E-state index contributed by atoms with van der Waals surface area (Å²) in [6, 6.07) is 13.6. The fraction of sp³-hybridized carbons (Fsp3) is 0.400. The van der Waals surface area contributed by atoms with Gasteiger partial charge in [0.1, 0.15) is 5.69 Å². The summed E-state index contributed by atoms with van der Waals surface area (Å²) in [5.41, 5.74) is 2.33. The van der Waals surface area contributed by atoms with Gasteiger partial charge in [0.25, 0.3) is 5.91 Å². The van der Waals surface area contributed by atoms with Crippen LogP contribution < -0.4 is 10.6 Å². The van der Waals surface area contributed by atoms with Crippen LogP contribution in [-0.2, 0) is 11.3 Å². The summed E-state index contributed by atoms with van der Waals surface area (Å²) in [4.78, 5) is 18.8. The van der Waals surface area contributed by atoms with Crippen LogP contribution in [0, 0.1) is 0 Å². The average Bonchev–Trinajstić information content (AvgIpc) is 2.67. The molecule has 1 aliphatic rings. The average molecular weight is 354 g/mol. The number of carbonyl (C=O) groups excluding carboxylic acids is 1. The standard InChI is InChI=1S/C20H26N4O2/c1-15(19-14-24(2)10-11-26-19)23-17-8-9-21-18(12-17)20(25)22-13-16-6-4-3-5-7-16/h3-9,12,15,19H,10-11,13-14H2,1-2H3,(H,21,23)(H,22,25). The molecule has 1 aromatic heterocycles. The zero-order valence-electron chi connectivity index (χ0n) is 15.3. The summed E-state index contributed by atoms with van der Waals surface area (Å²) >= 11 is 0. The summed E-state index contributed by atoms with van der Waals surface area (Å²) in [5.74, 6) is -0.182. The number of amides is 1. The maximum absolute atomic E-state index is 12.4. The second-order valence-corrected chi connectivity index (χ2v) is 6.70. The molecule has 0 radical (unpaired) electrons. The molecule has 6 heteroatoms. The van der Waals surface area contributed by atoms with E-state index in [9.17, 15) is 4.79 Å². The molecule has 2 unspecified atom stereocenters. The number of hydrogen-bond donors (Lipinski definition) is 2. The van der Waals surface area contributed by atoms with Gasteiger partial charge < -0.3 is 20.3 Å². The van der Waals surface area contributed by atoms with Crippen molar-refractivity contribution in [3.8, 4) is 0 Å². The monoisotopic (exact) mass is 354 g/mol. The van der Waals surface area contributed by atoms with Crippen LogP contribution in [0.1, 0.15) is 23.0 Å². The third kappa shape index (κ3) is 5.03. The lowest BCUT2D eigenvalue weighted by Crippen LogP contribution is -2.47. The molecule has 0 bridgehead atoms. The molecular weight excluding hydrogens is 328 g/mol. The van der Waals surface area contributed by atoms with E-state index >= 15 is 0 Å². The molecule has 2 N–H and O–H groups in total. The van der Waals surface area contributed by atoms with Crippen molar-refractivity contribution in [2.45, 2.75) is 25.6 Å². The van der Waals surface area contributed by atoms with Gasteiger partial charge in [-0.15, -0.1) is 0 Å². The van der Waals surface area contributed by atoms with Gasteiger partial charge in [0.2, 0.25) is 0 Å². The lowest BCUT2D eigenvalue weighted by Gasteiger charge is -2.34. The largest absolute Gasteiger partial charge is 0.380 e. The number of nitrogens with zero attached hydrogens (tertiary/aromatic N) is 2. The number of benzene rings is 1. The molecule has 6 nitrogen and oxygen atoms in total. The Labute approximate surface area is 154 Å². The molecule has 138 valence electrons. The maximum Gasteiger partial charge on any atom is 0.270 e. The Morgan fingerprint density at radius 1 is 1.35 bits per heavy atom. The van der Waals surface area contributed by atoms with Crippen LogP contribution in [-0.4, -0.2) is 54.7 Å². The van der Waals surface area contributed by atoms with Crippen molar-refractivity contribution < 1.29 is 9.53 Å². The first-order valence-electron chi connectivity index (χ1n) is 8.96. The van der Waals surface area contributed by atoms with E-state index in [1.54, 1.807) is 12.3 Å². The summed E-state index contributed by atoms with van der Waals surface area (Å²) in [6.45, 7) is 5.18. The van der Waals surface area contributed by atoms with Crippen molar-refractivity contribution >= 4 is 11.6 Å². The van der Waals surface area contributed by atoms with Crippen LogP contribution in [0.2, 0.25) is 0 Å². The summed E-state index contributed by atoms with van der Waals surface area (Å²) in [5, 5.41) is 6.33. The molecule has 0 spiro atoms. The Kier molecular flexibility index (Phi) is 6.20. The zero-order chi connectivity index (χ0) is 18.4. The highest BCUT2D eigenvalue weighted by atomic mass is 16.5. The lowest BCUT2D eigenvalue weighted by molar-refractivity contribution is -0.0259. The highest BCUT2D eigenvalue weighted by Crippen LogP contribution is 2.15. The van der Waals surface area contributed by atoms with Crippen molar-refractivity contribution in [1.82, 2.24) is 15.2 Å². The predicted molar refractivity (Wildman–Crippen MR) is 102 cm³/mol. The molecular formula is C20H26N4O2. The van der Waals surface area contributed by atoms with Gasteiger partial charge in [-0.1, -0.05) is 30.3 Å². The molecule has 3 rings (SSSR count). The van der Waals surface area contributed by atoms with Crippen LogP contribution in [0.3, 0.4) is 0 Å². The number of aromatic nitrogens is 1. The molecule has 2 heterocycles. The van der Waals surface area contributed by atoms with Gasteiger partial charge in [-0.3, -0.25) is 9.78 Å². The molecule has 1 aromatic carbocycles. The van der Waals surface area contributed by atoms with Crippen LogP contribution in [0.15, 0.2) is 48.7 Å². The predicted octanol–water partition coefficient (Wildman–Crippen LogP) is 2.14. The molecule has 1 amide bonds. The second kappa shape index (κ2) is 8.78.